The molecule has 0 aliphatic carbocycles. The van der Waals surface area contributed by atoms with Gasteiger partial charge in [0.1, 0.15) is 11.9 Å². The molecule has 18 heavy (non-hydrogen) atoms. The van der Waals surface area contributed by atoms with Crippen molar-refractivity contribution >= 4 is 5.97 Å². The number of carboxylic acid groups (broad SMARTS) is 1. The lowest BCUT2D eigenvalue weighted by molar-refractivity contribution is -0.136. The van der Waals surface area contributed by atoms with Crippen molar-refractivity contribution in [3.63, 3.8) is 0 Å². The Hall–Kier alpha value is -1.55. The summed E-state index contributed by atoms with van der Waals surface area (Å²) in [5.41, 5.74) is 1.02. The van der Waals surface area contributed by atoms with E-state index in [0.29, 0.717) is 6.42 Å². The molecule has 0 atom stereocenters. The minimum absolute atomic E-state index is 0.167. The molecule has 1 aromatic rings. The van der Waals surface area contributed by atoms with E-state index < -0.39 is 5.97 Å². The van der Waals surface area contributed by atoms with Crippen molar-refractivity contribution < 1.29 is 19.4 Å². The van der Waals surface area contributed by atoms with Crippen LogP contribution in [0.5, 0.6) is 5.75 Å². The fourth-order valence-electron chi connectivity index (χ4n) is 1.97. The lowest BCUT2D eigenvalue weighted by Gasteiger charge is -2.23. The van der Waals surface area contributed by atoms with Crippen molar-refractivity contribution in [2.75, 3.05) is 13.2 Å². The molecule has 1 heterocycles. The van der Waals surface area contributed by atoms with E-state index in [2.05, 4.69) is 0 Å². The Morgan fingerprint density at radius 3 is 2.56 bits per heavy atom. The van der Waals surface area contributed by atoms with Gasteiger partial charge in [0, 0.05) is 19.3 Å². The average Bonchev–Trinajstić information content (AvgIpc) is 2.39. The first-order valence-corrected chi connectivity index (χ1v) is 6.29. The predicted molar refractivity (Wildman–Crippen MR) is 66.9 cm³/mol. The first-order chi connectivity index (χ1) is 8.74. The molecule has 0 bridgehead atoms. The predicted octanol–water partition coefficient (Wildman–Crippen LogP) is 2.26. The van der Waals surface area contributed by atoms with Crippen LogP contribution < -0.4 is 4.74 Å². The van der Waals surface area contributed by atoms with Gasteiger partial charge in [0.25, 0.3) is 0 Å². The monoisotopic (exact) mass is 250 g/mol. The summed E-state index contributed by atoms with van der Waals surface area (Å²) in [6, 6.07) is 7.68. The van der Waals surface area contributed by atoms with Gasteiger partial charge in [-0.3, -0.25) is 4.79 Å². The summed E-state index contributed by atoms with van der Waals surface area (Å²) in [5.74, 6) is 0.0820. The van der Waals surface area contributed by atoms with Crippen molar-refractivity contribution in [2.24, 2.45) is 0 Å². The van der Waals surface area contributed by atoms with Crippen LogP contribution in [0.4, 0.5) is 0 Å². The normalized spacial score (nSPS) is 16.4. The summed E-state index contributed by atoms with van der Waals surface area (Å²) in [6.07, 6.45) is 2.83. The van der Waals surface area contributed by atoms with Crippen LogP contribution >= 0.6 is 0 Å². The van der Waals surface area contributed by atoms with Gasteiger partial charge in [-0.15, -0.1) is 0 Å². The molecule has 0 amide bonds. The number of carbonyl (C=O) groups is 1. The van der Waals surface area contributed by atoms with E-state index in [1.807, 2.05) is 24.3 Å². The van der Waals surface area contributed by atoms with Gasteiger partial charge < -0.3 is 14.6 Å². The molecule has 1 fully saturated rings. The zero-order valence-corrected chi connectivity index (χ0v) is 10.3. The molecule has 0 unspecified atom stereocenters. The summed E-state index contributed by atoms with van der Waals surface area (Å²) in [6.45, 7) is 1.53. The number of aliphatic carboxylic acids is 1. The van der Waals surface area contributed by atoms with Crippen molar-refractivity contribution in [1.29, 1.82) is 0 Å². The van der Waals surface area contributed by atoms with Gasteiger partial charge in [-0.25, -0.2) is 0 Å². The summed E-state index contributed by atoms with van der Waals surface area (Å²) in [4.78, 5) is 10.5. The molecular weight excluding hydrogens is 232 g/mol. The highest BCUT2D eigenvalue weighted by molar-refractivity contribution is 5.67. The minimum atomic E-state index is -0.766. The van der Waals surface area contributed by atoms with E-state index in [-0.39, 0.29) is 12.5 Å². The van der Waals surface area contributed by atoms with E-state index >= 15 is 0 Å². The highest BCUT2D eigenvalue weighted by Crippen LogP contribution is 2.19. The Balaban J connectivity index is 1.84. The lowest BCUT2D eigenvalue weighted by atomic mass is 10.1. The second-order valence-electron chi connectivity index (χ2n) is 4.47. The molecular formula is C14H18O4. The number of hydrogen-bond acceptors (Lipinski definition) is 3. The molecule has 1 aromatic carbocycles. The van der Waals surface area contributed by atoms with E-state index in [0.717, 1.165) is 37.4 Å². The SMILES string of the molecule is O=C(O)CCc1ccc(OC2CCOCC2)cc1. The standard InChI is InChI=1S/C14H18O4/c15-14(16)6-3-11-1-4-12(5-2-11)18-13-7-9-17-10-8-13/h1-2,4-5,13H,3,6-10H2,(H,15,16). The first kappa shape index (κ1) is 12.9. The van der Waals surface area contributed by atoms with Gasteiger partial charge >= 0.3 is 5.97 Å². The van der Waals surface area contributed by atoms with Gasteiger partial charge in [-0.1, -0.05) is 12.1 Å². The Kier molecular flexibility index (Phi) is 4.59. The summed E-state index contributed by atoms with van der Waals surface area (Å²) in [5, 5.41) is 8.61. The molecule has 98 valence electrons. The largest absolute Gasteiger partial charge is 0.490 e. The smallest absolute Gasteiger partial charge is 0.303 e. The second-order valence-corrected chi connectivity index (χ2v) is 4.47. The molecule has 0 radical (unpaired) electrons. The molecule has 0 saturated carbocycles. The Bertz CT molecular complexity index is 379. The molecule has 1 saturated heterocycles. The molecule has 4 nitrogen and oxygen atoms in total. The van der Waals surface area contributed by atoms with Crippen LogP contribution in [0.25, 0.3) is 0 Å². The topological polar surface area (TPSA) is 55.8 Å². The first-order valence-electron chi connectivity index (χ1n) is 6.29. The van der Waals surface area contributed by atoms with Crippen LogP contribution in [0.3, 0.4) is 0 Å². The van der Waals surface area contributed by atoms with Crippen LogP contribution in [-0.4, -0.2) is 30.4 Å². The quantitative estimate of drug-likeness (QED) is 0.871. The number of ether oxygens (including phenoxy) is 2. The van der Waals surface area contributed by atoms with Gasteiger partial charge in [0.2, 0.25) is 0 Å². The molecule has 4 heteroatoms. The van der Waals surface area contributed by atoms with Gasteiger partial charge in [-0.2, -0.15) is 0 Å². The van der Waals surface area contributed by atoms with Crippen molar-refractivity contribution in [3.8, 4) is 5.75 Å². The molecule has 1 N–H and O–H groups in total. The van der Waals surface area contributed by atoms with E-state index in [9.17, 15) is 4.79 Å². The molecule has 1 aliphatic heterocycles. The fourth-order valence-corrected chi connectivity index (χ4v) is 1.97. The third kappa shape index (κ3) is 4.04. The average molecular weight is 250 g/mol. The Morgan fingerprint density at radius 2 is 1.94 bits per heavy atom. The maximum absolute atomic E-state index is 10.5. The number of hydrogen-bond donors (Lipinski definition) is 1. The molecule has 0 spiro atoms. The van der Waals surface area contributed by atoms with E-state index in [1.165, 1.54) is 0 Å². The van der Waals surface area contributed by atoms with Crippen LogP contribution in [0.1, 0.15) is 24.8 Å². The maximum Gasteiger partial charge on any atom is 0.303 e. The summed E-state index contributed by atoms with van der Waals surface area (Å²) < 4.78 is 11.1. The molecule has 0 aromatic heterocycles. The van der Waals surface area contributed by atoms with E-state index in [1.54, 1.807) is 0 Å². The second kappa shape index (κ2) is 6.40. The van der Waals surface area contributed by atoms with Gasteiger partial charge in [0.15, 0.2) is 0 Å². The molecule has 1 aliphatic rings. The van der Waals surface area contributed by atoms with Crippen molar-refractivity contribution in [2.45, 2.75) is 31.8 Å². The van der Waals surface area contributed by atoms with Gasteiger partial charge in [-0.05, 0) is 24.1 Å². The highest BCUT2D eigenvalue weighted by Gasteiger charge is 2.14. The number of carboxylic acids is 1. The van der Waals surface area contributed by atoms with Crippen LogP contribution in [0.2, 0.25) is 0 Å². The maximum atomic E-state index is 10.5. The van der Waals surface area contributed by atoms with E-state index in [4.69, 9.17) is 14.6 Å². The third-order valence-corrected chi connectivity index (χ3v) is 3.02. The third-order valence-electron chi connectivity index (χ3n) is 3.02. The van der Waals surface area contributed by atoms with Crippen LogP contribution in [-0.2, 0) is 16.0 Å². The van der Waals surface area contributed by atoms with Crippen LogP contribution in [0.15, 0.2) is 24.3 Å². The van der Waals surface area contributed by atoms with Gasteiger partial charge in [0.05, 0.1) is 13.2 Å². The number of aryl methyl sites for hydroxylation is 1. The van der Waals surface area contributed by atoms with Crippen molar-refractivity contribution in [3.05, 3.63) is 29.8 Å². The Morgan fingerprint density at radius 1 is 1.28 bits per heavy atom. The lowest BCUT2D eigenvalue weighted by Crippen LogP contribution is -2.25. The number of benzene rings is 1. The zero-order valence-electron chi connectivity index (χ0n) is 10.3. The number of rotatable bonds is 5. The fraction of sp³-hybridized carbons (Fsp3) is 0.500. The Labute approximate surface area is 107 Å². The summed E-state index contributed by atoms with van der Waals surface area (Å²) >= 11 is 0. The zero-order chi connectivity index (χ0) is 12.8. The summed E-state index contributed by atoms with van der Waals surface area (Å²) in [7, 11) is 0. The highest BCUT2D eigenvalue weighted by atomic mass is 16.5. The minimum Gasteiger partial charge on any atom is -0.490 e. The molecule has 2 rings (SSSR count). The van der Waals surface area contributed by atoms with Crippen molar-refractivity contribution in [1.82, 2.24) is 0 Å². The van der Waals surface area contributed by atoms with Crippen LogP contribution in [0, 0.1) is 0 Å².